The first-order valence-electron chi connectivity index (χ1n) is 14.9. The number of hydrogen-bond acceptors (Lipinski definition) is 8. The quantitative estimate of drug-likeness (QED) is 0.385. The van der Waals surface area contributed by atoms with Crippen LogP contribution in [0.5, 0.6) is 17.2 Å². The molecular weight excluding hydrogens is 566 g/mol. The molecule has 0 aromatic heterocycles. The topological polar surface area (TPSA) is 88.6 Å². The fourth-order valence-electron chi connectivity index (χ4n) is 6.63. The highest BCUT2D eigenvalue weighted by atomic mass is 32.2. The summed E-state index contributed by atoms with van der Waals surface area (Å²) in [5, 5.41) is 0. The molecule has 0 unspecified atom stereocenters. The Kier molecular flexibility index (Phi) is 8.35. The highest BCUT2D eigenvalue weighted by Gasteiger charge is 2.34. The number of carbonyl (C=O) groups excluding carboxylic acids is 1. The fraction of sp³-hybridized carbons (Fsp3) is 0.424. The summed E-state index contributed by atoms with van der Waals surface area (Å²) in [6.45, 7) is 8.91. The first-order valence-corrected chi connectivity index (χ1v) is 16.4. The van der Waals surface area contributed by atoms with Crippen molar-refractivity contribution in [1.82, 2.24) is 14.7 Å². The summed E-state index contributed by atoms with van der Waals surface area (Å²) in [6.07, 6.45) is 1.92. The third kappa shape index (κ3) is 5.83. The lowest BCUT2D eigenvalue weighted by molar-refractivity contribution is 0.0135. The van der Waals surface area contributed by atoms with Gasteiger partial charge in [-0.3, -0.25) is 14.6 Å². The number of likely N-dealkylation sites (tertiary alicyclic amines) is 1. The predicted octanol–water partition coefficient (Wildman–Crippen LogP) is 4.63. The lowest BCUT2D eigenvalue weighted by Crippen LogP contribution is -2.57. The lowest BCUT2D eigenvalue weighted by Gasteiger charge is -2.47. The molecule has 0 N–H and O–H groups in total. The van der Waals surface area contributed by atoms with Crippen LogP contribution in [0.3, 0.4) is 0 Å². The predicted molar refractivity (Wildman–Crippen MR) is 163 cm³/mol. The van der Waals surface area contributed by atoms with Crippen molar-refractivity contribution in [2.45, 2.75) is 54.6 Å². The monoisotopic (exact) mass is 605 g/mol. The number of rotatable bonds is 7. The molecule has 3 aromatic carbocycles. The van der Waals surface area contributed by atoms with Gasteiger partial charge in [-0.15, -0.1) is 0 Å². The van der Waals surface area contributed by atoms with Gasteiger partial charge in [0.05, 0.1) is 22.5 Å². The molecule has 2 fully saturated rings. The Labute approximate surface area is 253 Å². The lowest BCUT2D eigenvalue weighted by atomic mass is 9.98. The van der Waals surface area contributed by atoms with Gasteiger partial charge in [0, 0.05) is 56.9 Å². The van der Waals surface area contributed by atoms with Crippen molar-refractivity contribution in [3.8, 4) is 17.2 Å². The average molecular weight is 606 g/mol. The van der Waals surface area contributed by atoms with E-state index in [1.54, 1.807) is 31.4 Å². The smallest absolute Gasteiger partial charge is 0.257 e. The first kappa shape index (κ1) is 29.5. The molecule has 228 valence electrons. The molecule has 1 amide bonds. The van der Waals surface area contributed by atoms with Gasteiger partial charge >= 0.3 is 0 Å². The van der Waals surface area contributed by atoms with Crippen LogP contribution in [0, 0.1) is 0 Å². The van der Waals surface area contributed by atoms with E-state index in [0.717, 1.165) is 51.1 Å². The number of carbonyl (C=O) groups is 1. The highest BCUT2D eigenvalue weighted by Crippen LogP contribution is 2.36. The van der Waals surface area contributed by atoms with Crippen LogP contribution in [-0.4, -0.2) is 87.7 Å². The number of fused-ring (bicyclic) bond motifs is 1. The first-order chi connectivity index (χ1) is 20.8. The van der Waals surface area contributed by atoms with Crippen LogP contribution in [0.2, 0.25) is 0 Å². The van der Waals surface area contributed by atoms with Gasteiger partial charge in [-0.25, -0.2) is 8.42 Å². The van der Waals surface area contributed by atoms with Gasteiger partial charge in [0.2, 0.25) is 16.6 Å². The number of hydrogen-bond donors (Lipinski definition) is 0. The molecule has 0 saturated carbocycles. The largest absolute Gasteiger partial charge is 0.496 e. The molecule has 3 aliphatic heterocycles. The van der Waals surface area contributed by atoms with Gasteiger partial charge in [-0.05, 0) is 68.7 Å². The van der Waals surface area contributed by atoms with E-state index in [2.05, 4.69) is 23.6 Å². The van der Waals surface area contributed by atoms with Gasteiger partial charge < -0.3 is 19.1 Å². The third-order valence-electron chi connectivity index (χ3n) is 9.14. The summed E-state index contributed by atoms with van der Waals surface area (Å²) in [5.74, 6) is 1.67. The summed E-state index contributed by atoms with van der Waals surface area (Å²) >= 11 is 0. The standard InChI is InChI=1S/C33H39N3O6S/c1-23-21-35(26-14-16-34(17-15-26)33(37)29-6-4-5-7-30(29)40-3)18-19-36(23)24(2)25-8-10-27(11-9-25)43(38,39)28-12-13-31-32(20-28)42-22-41-31/h4-13,20,23-24,26H,14-19,21-22H2,1-3H3/t23-,24+/m1/s1. The number of methoxy groups -OCH3 is 1. The Hall–Kier alpha value is -3.60. The third-order valence-corrected chi connectivity index (χ3v) is 10.9. The number of nitrogens with zero attached hydrogens (tertiary/aromatic N) is 3. The van der Waals surface area contributed by atoms with Crippen LogP contribution in [0.1, 0.15) is 48.7 Å². The van der Waals surface area contributed by atoms with E-state index in [-0.39, 0.29) is 28.5 Å². The Balaban J connectivity index is 1.04. The van der Waals surface area contributed by atoms with Gasteiger partial charge in [-0.2, -0.15) is 0 Å². The van der Waals surface area contributed by atoms with E-state index in [9.17, 15) is 13.2 Å². The zero-order chi connectivity index (χ0) is 30.1. The second-order valence-electron chi connectivity index (χ2n) is 11.6. The highest BCUT2D eigenvalue weighted by molar-refractivity contribution is 7.91. The Morgan fingerprint density at radius 2 is 1.60 bits per heavy atom. The molecule has 3 aromatic rings. The van der Waals surface area contributed by atoms with Crippen LogP contribution in [-0.2, 0) is 9.84 Å². The number of para-hydroxylation sites is 1. The van der Waals surface area contributed by atoms with Crippen LogP contribution >= 0.6 is 0 Å². The molecule has 0 aliphatic carbocycles. The van der Waals surface area contributed by atoms with Crippen molar-refractivity contribution >= 4 is 15.7 Å². The molecule has 10 heteroatoms. The Bertz CT molecular complexity index is 1570. The van der Waals surface area contributed by atoms with E-state index >= 15 is 0 Å². The van der Waals surface area contributed by atoms with E-state index in [1.807, 2.05) is 41.3 Å². The van der Waals surface area contributed by atoms with Crippen molar-refractivity contribution in [3.05, 3.63) is 77.9 Å². The second-order valence-corrected chi connectivity index (χ2v) is 13.5. The minimum atomic E-state index is -3.67. The maximum atomic E-state index is 13.3. The minimum Gasteiger partial charge on any atom is -0.496 e. The van der Waals surface area contributed by atoms with Gasteiger partial charge in [0.15, 0.2) is 11.5 Å². The van der Waals surface area contributed by atoms with Gasteiger partial charge in [0.25, 0.3) is 5.91 Å². The van der Waals surface area contributed by atoms with Crippen molar-refractivity contribution in [3.63, 3.8) is 0 Å². The number of benzene rings is 3. The molecule has 6 rings (SSSR count). The number of amides is 1. The maximum absolute atomic E-state index is 13.3. The summed E-state index contributed by atoms with van der Waals surface area (Å²) in [5.41, 5.74) is 1.71. The molecule has 43 heavy (non-hydrogen) atoms. The summed E-state index contributed by atoms with van der Waals surface area (Å²) in [7, 11) is -2.07. The summed E-state index contributed by atoms with van der Waals surface area (Å²) in [4.78, 5) is 20.6. The van der Waals surface area contributed by atoms with E-state index < -0.39 is 9.84 Å². The fourth-order valence-corrected chi connectivity index (χ4v) is 7.91. The molecule has 2 atom stereocenters. The molecule has 0 radical (unpaired) electrons. The molecule has 9 nitrogen and oxygen atoms in total. The van der Waals surface area contributed by atoms with Crippen LogP contribution in [0.15, 0.2) is 76.5 Å². The second kappa shape index (κ2) is 12.2. The van der Waals surface area contributed by atoms with E-state index in [4.69, 9.17) is 14.2 Å². The minimum absolute atomic E-state index is 0.0395. The molecule has 3 heterocycles. The van der Waals surface area contributed by atoms with Crippen LogP contribution in [0.4, 0.5) is 0 Å². The van der Waals surface area contributed by atoms with Crippen LogP contribution < -0.4 is 14.2 Å². The summed E-state index contributed by atoms with van der Waals surface area (Å²) in [6, 6.07) is 20.4. The Morgan fingerprint density at radius 1 is 0.907 bits per heavy atom. The molecule has 0 bridgehead atoms. The SMILES string of the molecule is COc1ccccc1C(=O)N1CCC(N2CCN([C@@H](C)c3ccc(S(=O)(=O)c4ccc5c(c4)OCO5)cc3)[C@H](C)C2)CC1. The van der Waals surface area contributed by atoms with Crippen molar-refractivity contribution in [2.24, 2.45) is 0 Å². The van der Waals surface area contributed by atoms with Gasteiger partial charge in [-0.1, -0.05) is 24.3 Å². The van der Waals surface area contributed by atoms with Gasteiger partial charge in [0.1, 0.15) is 5.75 Å². The number of sulfone groups is 1. The normalized spacial score (nSPS) is 20.6. The molecule has 3 aliphatic rings. The number of piperazine rings is 1. The maximum Gasteiger partial charge on any atom is 0.257 e. The zero-order valence-electron chi connectivity index (χ0n) is 24.9. The molecule has 2 saturated heterocycles. The summed E-state index contributed by atoms with van der Waals surface area (Å²) < 4.78 is 42.6. The van der Waals surface area contributed by atoms with E-state index in [0.29, 0.717) is 34.9 Å². The zero-order valence-corrected chi connectivity index (χ0v) is 25.8. The van der Waals surface area contributed by atoms with Crippen molar-refractivity contribution < 1.29 is 27.4 Å². The van der Waals surface area contributed by atoms with E-state index in [1.165, 1.54) is 6.07 Å². The Morgan fingerprint density at radius 3 is 2.33 bits per heavy atom. The van der Waals surface area contributed by atoms with Crippen molar-refractivity contribution in [1.29, 1.82) is 0 Å². The average Bonchev–Trinajstić information content (AvgIpc) is 3.52. The van der Waals surface area contributed by atoms with Crippen molar-refractivity contribution in [2.75, 3.05) is 46.6 Å². The molecule has 0 spiro atoms. The number of piperidine rings is 1. The number of ether oxygens (including phenoxy) is 3. The molecular formula is C33H39N3O6S. The van der Waals surface area contributed by atoms with Crippen LogP contribution in [0.25, 0.3) is 0 Å².